The van der Waals surface area contributed by atoms with Crippen LogP contribution in [0.1, 0.15) is 71.6 Å². The molecule has 2 atom stereocenters. The molecule has 15 heteroatoms. The molecule has 1 aromatic heterocycles. The molecule has 2 aliphatic heterocycles. The zero-order valence-electron chi connectivity index (χ0n) is 28.7. The Kier molecular flexibility index (Phi) is 9.12. The Morgan fingerprint density at radius 3 is 2.19 bits per heavy atom. The summed E-state index contributed by atoms with van der Waals surface area (Å²) in [4.78, 5) is 37.6. The van der Waals surface area contributed by atoms with E-state index in [2.05, 4.69) is 4.98 Å². The minimum atomic E-state index is -5.08. The molecule has 0 bridgehead atoms. The number of aromatic carboxylic acids is 1. The molecule has 0 aliphatic carbocycles. The highest BCUT2D eigenvalue weighted by Crippen LogP contribution is 2.43. The molecule has 3 heterocycles. The maximum absolute atomic E-state index is 13.7. The number of carboxylic acid groups (broad SMARTS) is 1. The van der Waals surface area contributed by atoms with E-state index in [0.717, 1.165) is 12.0 Å². The Labute approximate surface area is 294 Å². The second-order valence-electron chi connectivity index (χ2n) is 13.5. The summed E-state index contributed by atoms with van der Waals surface area (Å²) < 4.78 is 93.3. The van der Waals surface area contributed by atoms with Crippen molar-refractivity contribution in [3.05, 3.63) is 94.3 Å². The van der Waals surface area contributed by atoms with Crippen LogP contribution in [0.15, 0.2) is 60.8 Å². The lowest BCUT2D eigenvalue weighted by Crippen LogP contribution is -2.56. The Morgan fingerprint density at radius 1 is 0.981 bits per heavy atom. The molecule has 274 valence electrons. The summed E-state index contributed by atoms with van der Waals surface area (Å²) in [5.74, 6) is -0.276. The topological polar surface area (TPSA) is 105 Å². The molecule has 2 saturated heterocycles. The minimum absolute atomic E-state index is 0.0260. The van der Waals surface area contributed by atoms with Crippen LogP contribution in [0.5, 0.6) is 5.75 Å². The predicted octanol–water partition coefficient (Wildman–Crippen LogP) is 8.93. The van der Waals surface area contributed by atoms with Gasteiger partial charge in [-0.05, 0) is 98.8 Å². The minimum Gasteiger partial charge on any atom is -0.496 e. The molecule has 1 N–H and O–H groups in total. The van der Waals surface area contributed by atoms with Crippen molar-refractivity contribution in [2.75, 3.05) is 18.6 Å². The number of nitrogens with zero attached hydrogens (tertiary/aromatic N) is 4. The molecular formula is C37H34F6N4O5. The van der Waals surface area contributed by atoms with E-state index >= 15 is 0 Å². The number of aromatic nitrogens is 2. The molecule has 0 saturated carbocycles. The van der Waals surface area contributed by atoms with E-state index in [-0.39, 0.29) is 23.7 Å². The molecule has 3 aromatic carbocycles. The van der Waals surface area contributed by atoms with Crippen molar-refractivity contribution in [2.45, 2.75) is 70.7 Å². The fourth-order valence-electron chi connectivity index (χ4n) is 6.59. The van der Waals surface area contributed by atoms with Crippen LogP contribution in [0.3, 0.4) is 0 Å². The number of ether oxygens (including phenoxy) is 2. The quantitative estimate of drug-likeness (QED) is 0.180. The normalized spacial score (nSPS) is 18.6. The molecule has 9 nitrogen and oxygen atoms in total. The van der Waals surface area contributed by atoms with Gasteiger partial charge in [-0.1, -0.05) is 12.1 Å². The first kappa shape index (κ1) is 36.5. The van der Waals surface area contributed by atoms with Crippen molar-refractivity contribution in [3.63, 3.8) is 0 Å². The fourth-order valence-corrected chi connectivity index (χ4v) is 6.59. The van der Waals surface area contributed by atoms with Gasteiger partial charge in [-0.3, -0.25) is 4.90 Å². The maximum Gasteiger partial charge on any atom is 0.416 e. The summed E-state index contributed by atoms with van der Waals surface area (Å²) >= 11 is 0. The Bertz CT molecular complexity index is 2030. The van der Waals surface area contributed by atoms with E-state index in [1.165, 1.54) is 25.0 Å². The van der Waals surface area contributed by atoms with E-state index in [4.69, 9.17) is 14.5 Å². The first-order chi connectivity index (χ1) is 24.3. The predicted molar refractivity (Wildman–Crippen MR) is 178 cm³/mol. The summed E-state index contributed by atoms with van der Waals surface area (Å²) in [7, 11) is 1.47. The van der Waals surface area contributed by atoms with Gasteiger partial charge in [0.2, 0.25) is 5.95 Å². The van der Waals surface area contributed by atoms with Crippen LogP contribution in [-0.2, 0) is 23.6 Å². The molecule has 4 aromatic rings. The van der Waals surface area contributed by atoms with Gasteiger partial charge >= 0.3 is 24.4 Å². The number of rotatable bonds is 8. The van der Waals surface area contributed by atoms with Gasteiger partial charge in [-0.15, -0.1) is 0 Å². The number of hydrogen-bond acceptors (Lipinski definition) is 7. The van der Waals surface area contributed by atoms with Gasteiger partial charge in [0.15, 0.2) is 0 Å². The van der Waals surface area contributed by atoms with E-state index in [9.17, 15) is 41.0 Å². The maximum atomic E-state index is 13.7. The van der Waals surface area contributed by atoms with Gasteiger partial charge in [0, 0.05) is 29.4 Å². The molecule has 1 amide bonds. The number of anilines is 1. The first-order valence-electron chi connectivity index (χ1n) is 16.2. The fraction of sp³-hybridized carbons (Fsp3) is 0.351. The second-order valence-corrected chi connectivity index (χ2v) is 13.5. The number of benzene rings is 3. The van der Waals surface area contributed by atoms with Gasteiger partial charge < -0.3 is 19.5 Å². The zero-order valence-corrected chi connectivity index (χ0v) is 28.7. The molecule has 2 aliphatic rings. The summed E-state index contributed by atoms with van der Waals surface area (Å²) in [5.41, 5.74) is -0.167. The van der Waals surface area contributed by atoms with E-state index in [0.29, 0.717) is 58.3 Å². The van der Waals surface area contributed by atoms with Crippen LogP contribution >= 0.6 is 0 Å². The van der Waals surface area contributed by atoms with Crippen molar-refractivity contribution in [1.29, 1.82) is 0 Å². The third kappa shape index (κ3) is 6.83. The number of cyclic esters (lactones) is 1. The Morgan fingerprint density at radius 2 is 1.65 bits per heavy atom. The van der Waals surface area contributed by atoms with Crippen molar-refractivity contribution < 1.29 is 50.5 Å². The number of carboxylic acids is 1. The monoisotopic (exact) mass is 728 g/mol. The number of hydrogen-bond donors (Lipinski definition) is 1. The number of aryl methyl sites for hydroxylation is 1. The number of methoxy groups -OCH3 is 1. The van der Waals surface area contributed by atoms with Gasteiger partial charge in [0.25, 0.3) is 0 Å². The van der Waals surface area contributed by atoms with Crippen LogP contribution in [0.2, 0.25) is 0 Å². The molecule has 2 fully saturated rings. The Balaban J connectivity index is 1.43. The summed E-state index contributed by atoms with van der Waals surface area (Å²) in [6, 6.07) is 10.2. The van der Waals surface area contributed by atoms with E-state index in [1.54, 1.807) is 37.4 Å². The van der Waals surface area contributed by atoms with Gasteiger partial charge in [-0.2, -0.15) is 26.3 Å². The lowest BCUT2D eigenvalue weighted by molar-refractivity contribution is -0.143. The molecule has 52 heavy (non-hydrogen) atoms. The third-order valence-electron chi connectivity index (χ3n) is 9.70. The van der Waals surface area contributed by atoms with E-state index < -0.39 is 53.3 Å². The molecule has 0 unspecified atom stereocenters. The van der Waals surface area contributed by atoms with Crippen LogP contribution in [0, 0.1) is 6.92 Å². The number of carbonyl (C=O) groups is 2. The highest BCUT2D eigenvalue weighted by Gasteiger charge is 2.44. The molecule has 0 spiro atoms. The molecule has 0 radical (unpaired) electrons. The van der Waals surface area contributed by atoms with Gasteiger partial charge in [-0.25, -0.2) is 19.6 Å². The smallest absolute Gasteiger partial charge is 0.416 e. The van der Waals surface area contributed by atoms with Crippen LogP contribution in [0.25, 0.3) is 22.3 Å². The summed E-state index contributed by atoms with van der Waals surface area (Å²) in [5, 5.41) is 9.44. The van der Waals surface area contributed by atoms with Crippen molar-refractivity contribution in [1.82, 2.24) is 14.9 Å². The highest BCUT2D eigenvalue weighted by molar-refractivity contribution is 5.89. The zero-order chi connectivity index (χ0) is 37.9. The lowest BCUT2D eigenvalue weighted by Gasteiger charge is -2.48. The van der Waals surface area contributed by atoms with Gasteiger partial charge in [0.1, 0.15) is 11.9 Å². The second kappa shape index (κ2) is 13.0. The number of carbonyl (C=O) groups excluding carboxylic acids is 1. The van der Waals surface area contributed by atoms with Crippen LogP contribution in [-0.4, -0.2) is 57.3 Å². The SMILES string of the molecule is COc1ccc(-c2ccc(C(=O)O)cc2C)cc1-c1cnc(N2CCC2(C)C)nc1CN1C(=O)O[C@H](c2cc(C(F)(F)F)cc(C(F)(F)F)c2)[C@@H]1C. The van der Waals surface area contributed by atoms with Crippen molar-refractivity contribution in [3.8, 4) is 28.0 Å². The summed E-state index contributed by atoms with van der Waals surface area (Å²) in [6.45, 7) is 7.73. The average Bonchev–Trinajstić information content (AvgIpc) is 3.35. The van der Waals surface area contributed by atoms with Crippen molar-refractivity contribution in [2.24, 2.45) is 0 Å². The lowest BCUT2D eigenvalue weighted by atomic mass is 9.89. The van der Waals surface area contributed by atoms with E-state index in [1.807, 2.05) is 24.8 Å². The number of halogens is 6. The highest BCUT2D eigenvalue weighted by atomic mass is 19.4. The first-order valence-corrected chi connectivity index (χ1v) is 16.2. The number of alkyl halides is 6. The standard InChI is InChI=1S/C37H34F6N4O5/c1-19-12-22(32(48)49)6-8-26(19)21-7-9-30(51-5)27(15-21)28-17-44-33(47-11-10-35(47,3)4)45-29(28)18-46-20(2)31(52-34(46)50)23-13-24(36(38,39)40)16-25(14-23)37(41,42)43/h6-9,12-17,20,31H,10-11,18H2,1-5H3,(H,48,49)/t20-,31-/m0/s1. The Hall–Kier alpha value is -5.34. The van der Waals surface area contributed by atoms with Gasteiger partial charge in [0.05, 0.1) is 42.1 Å². The largest absolute Gasteiger partial charge is 0.496 e. The van der Waals surface area contributed by atoms with Crippen LogP contribution < -0.4 is 9.64 Å². The third-order valence-corrected chi connectivity index (χ3v) is 9.70. The number of amides is 1. The van der Waals surface area contributed by atoms with Crippen molar-refractivity contribution >= 4 is 18.0 Å². The van der Waals surface area contributed by atoms with Crippen LogP contribution in [0.4, 0.5) is 37.1 Å². The summed E-state index contributed by atoms with van der Waals surface area (Å²) in [6.07, 6.45) is -10.1. The average molecular weight is 729 g/mol. The molecule has 6 rings (SSSR count). The molecular weight excluding hydrogens is 694 g/mol.